The molecule has 1 heterocycles. The molecule has 2 aromatic carbocycles. The topological polar surface area (TPSA) is 94.4 Å². The molecule has 3 aromatic rings. The zero-order chi connectivity index (χ0) is 19.3. The number of pyridine rings is 1. The third-order valence-corrected chi connectivity index (χ3v) is 3.88. The van der Waals surface area contributed by atoms with E-state index in [4.69, 9.17) is 23.1 Å². The molecule has 0 aliphatic rings. The van der Waals surface area contributed by atoms with E-state index in [1.165, 1.54) is 0 Å². The van der Waals surface area contributed by atoms with Gasteiger partial charge in [-0.1, -0.05) is 49.7 Å². The summed E-state index contributed by atoms with van der Waals surface area (Å²) in [7, 11) is 0. The van der Waals surface area contributed by atoms with Crippen molar-refractivity contribution in [1.82, 2.24) is 4.98 Å². The van der Waals surface area contributed by atoms with Gasteiger partial charge >= 0.3 is 0 Å². The molecule has 0 saturated heterocycles. The maximum Gasteiger partial charge on any atom is 0.280 e. The van der Waals surface area contributed by atoms with Crippen molar-refractivity contribution in [2.24, 2.45) is 16.5 Å². The standard InChI is InChI=1S/C18H15ClN4O.C2H6/c1-10-7-15(19)16(22-9-10)13-4-2-3-11-5-6-12(8-14(11)13)17(24)23-18(20)21;1-2/h2-9H,1H3,(H4,20,21,23,24);1-2H3. The van der Waals surface area contributed by atoms with E-state index in [9.17, 15) is 4.79 Å². The van der Waals surface area contributed by atoms with Crippen LogP contribution in [0.3, 0.4) is 0 Å². The van der Waals surface area contributed by atoms with Crippen LogP contribution in [0.2, 0.25) is 5.02 Å². The predicted octanol–water partition coefficient (Wildman–Crippen LogP) is 4.30. The summed E-state index contributed by atoms with van der Waals surface area (Å²) in [6.07, 6.45) is 1.76. The number of aliphatic imine (C=N–C) groups is 1. The van der Waals surface area contributed by atoms with Gasteiger partial charge in [0.05, 0.1) is 10.7 Å². The number of hydrogen-bond donors (Lipinski definition) is 2. The van der Waals surface area contributed by atoms with Crippen LogP contribution in [0.15, 0.2) is 53.7 Å². The normalized spacial score (nSPS) is 10.0. The number of nitrogens with zero attached hydrogens (tertiary/aromatic N) is 2. The minimum atomic E-state index is -0.491. The van der Waals surface area contributed by atoms with Crippen molar-refractivity contribution < 1.29 is 4.79 Å². The first-order chi connectivity index (χ1) is 12.5. The molecule has 0 atom stereocenters. The van der Waals surface area contributed by atoms with Crippen LogP contribution in [0.5, 0.6) is 0 Å². The molecule has 0 fully saturated rings. The fraction of sp³-hybridized carbons (Fsp3) is 0.150. The van der Waals surface area contributed by atoms with E-state index >= 15 is 0 Å². The number of carbonyl (C=O) groups is 1. The summed E-state index contributed by atoms with van der Waals surface area (Å²) in [4.78, 5) is 20.1. The first-order valence-electron chi connectivity index (χ1n) is 8.25. The van der Waals surface area contributed by atoms with Crippen molar-refractivity contribution in [2.45, 2.75) is 20.8 Å². The van der Waals surface area contributed by atoms with Gasteiger partial charge in [-0.15, -0.1) is 0 Å². The van der Waals surface area contributed by atoms with E-state index in [2.05, 4.69) is 9.98 Å². The molecule has 134 valence electrons. The van der Waals surface area contributed by atoms with Crippen molar-refractivity contribution >= 4 is 34.2 Å². The Hall–Kier alpha value is -2.92. The molecule has 0 unspecified atom stereocenters. The van der Waals surface area contributed by atoms with Crippen molar-refractivity contribution in [3.63, 3.8) is 0 Å². The minimum absolute atomic E-state index is 0.267. The first kappa shape index (κ1) is 19.4. The van der Waals surface area contributed by atoms with Crippen molar-refractivity contribution in [1.29, 1.82) is 0 Å². The van der Waals surface area contributed by atoms with Crippen LogP contribution in [0.4, 0.5) is 0 Å². The fourth-order valence-electron chi connectivity index (χ4n) is 2.53. The molecule has 0 bridgehead atoms. The van der Waals surface area contributed by atoms with Crippen LogP contribution >= 0.6 is 11.6 Å². The summed E-state index contributed by atoms with van der Waals surface area (Å²) in [5.74, 6) is -0.758. The second kappa shape index (κ2) is 8.45. The lowest BCUT2D eigenvalue weighted by molar-refractivity contribution is 0.100. The SMILES string of the molecule is CC.Cc1cnc(-c2cccc3ccc(C(=O)N=C(N)N)cc23)c(Cl)c1. The van der Waals surface area contributed by atoms with Gasteiger partial charge in [0, 0.05) is 17.3 Å². The van der Waals surface area contributed by atoms with Gasteiger partial charge in [0.25, 0.3) is 5.91 Å². The predicted molar refractivity (Wildman–Crippen MR) is 108 cm³/mol. The maximum atomic E-state index is 12.1. The van der Waals surface area contributed by atoms with Gasteiger partial charge in [-0.25, -0.2) is 0 Å². The average Bonchev–Trinajstić information content (AvgIpc) is 2.62. The van der Waals surface area contributed by atoms with E-state index < -0.39 is 5.91 Å². The molecular weight excluding hydrogens is 348 g/mol. The molecule has 5 nitrogen and oxygen atoms in total. The third kappa shape index (κ3) is 4.18. The van der Waals surface area contributed by atoms with Gasteiger partial charge in [0.2, 0.25) is 0 Å². The number of guanidine groups is 1. The highest BCUT2D eigenvalue weighted by molar-refractivity contribution is 6.33. The number of nitrogens with two attached hydrogens (primary N) is 2. The highest BCUT2D eigenvalue weighted by Gasteiger charge is 2.12. The quantitative estimate of drug-likeness (QED) is 0.520. The molecule has 0 aliphatic carbocycles. The molecule has 1 amide bonds. The van der Waals surface area contributed by atoms with E-state index in [1.54, 1.807) is 18.3 Å². The summed E-state index contributed by atoms with van der Waals surface area (Å²) in [5.41, 5.74) is 13.4. The largest absolute Gasteiger partial charge is 0.370 e. The lowest BCUT2D eigenvalue weighted by atomic mass is 9.99. The van der Waals surface area contributed by atoms with Crippen molar-refractivity contribution in [3.05, 3.63) is 64.8 Å². The van der Waals surface area contributed by atoms with E-state index in [0.29, 0.717) is 16.3 Å². The lowest BCUT2D eigenvalue weighted by Crippen LogP contribution is -2.24. The Morgan fingerprint density at radius 2 is 1.85 bits per heavy atom. The smallest absolute Gasteiger partial charge is 0.280 e. The Bertz CT molecular complexity index is 979. The lowest BCUT2D eigenvalue weighted by Gasteiger charge is -2.09. The number of benzene rings is 2. The summed E-state index contributed by atoms with van der Waals surface area (Å²) < 4.78 is 0. The van der Waals surface area contributed by atoms with Crippen LogP contribution < -0.4 is 11.5 Å². The summed E-state index contributed by atoms with van der Waals surface area (Å²) >= 11 is 6.35. The summed E-state index contributed by atoms with van der Waals surface area (Å²) in [6.45, 7) is 5.93. The molecule has 0 radical (unpaired) electrons. The number of carbonyl (C=O) groups excluding carboxylic acids is 1. The monoisotopic (exact) mass is 368 g/mol. The van der Waals surface area contributed by atoms with Gasteiger partial charge in [-0.2, -0.15) is 4.99 Å². The van der Waals surface area contributed by atoms with E-state index in [0.717, 1.165) is 21.9 Å². The number of aromatic nitrogens is 1. The molecule has 6 heteroatoms. The second-order valence-corrected chi connectivity index (χ2v) is 5.83. The zero-order valence-corrected chi connectivity index (χ0v) is 15.7. The highest BCUT2D eigenvalue weighted by Crippen LogP contribution is 2.32. The Morgan fingerprint density at radius 3 is 2.50 bits per heavy atom. The highest BCUT2D eigenvalue weighted by atomic mass is 35.5. The van der Waals surface area contributed by atoms with Gasteiger partial charge < -0.3 is 11.5 Å². The van der Waals surface area contributed by atoms with E-state index in [1.807, 2.05) is 51.1 Å². The molecule has 0 spiro atoms. The second-order valence-electron chi connectivity index (χ2n) is 5.43. The number of amides is 1. The third-order valence-electron chi connectivity index (χ3n) is 3.59. The Kier molecular flexibility index (Phi) is 6.31. The molecule has 0 saturated carbocycles. The summed E-state index contributed by atoms with van der Waals surface area (Å²) in [6, 6.07) is 12.9. The molecular formula is C20H21ClN4O. The number of rotatable bonds is 2. The molecule has 26 heavy (non-hydrogen) atoms. The van der Waals surface area contributed by atoms with Crippen molar-refractivity contribution in [2.75, 3.05) is 0 Å². The number of halogens is 1. The number of fused-ring (bicyclic) bond motifs is 1. The van der Waals surface area contributed by atoms with Crippen LogP contribution in [0, 0.1) is 6.92 Å². The number of aryl methyl sites for hydroxylation is 1. The Labute approximate surface area is 157 Å². The summed E-state index contributed by atoms with van der Waals surface area (Å²) in [5, 5.41) is 2.38. The Balaban J connectivity index is 0.00000117. The van der Waals surface area contributed by atoms with Crippen LogP contribution in [0.1, 0.15) is 29.8 Å². The first-order valence-corrected chi connectivity index (χ1v) is 8.63. The average molecular weight is 369 g/mol. The molecule has 0 aliphatic heterocycles. The molecule has 4 N–H and O–H groups in total. The van der Waals surface area contributed by atoms with E-state index in [-0.39, 0.29) is 5.96 Å². The van der Waals surface area contributed by atoms with Gasteiger partial charge in [-0.3, -0.25) is 9.78 Å². The van der Waals surface area contributed by atoms with Crippen LogP contribution in [-0.4, -0.2) is 16.9 Å². The Morgan fingerprint density at radius 1 is 1.12 bits per heavy atom. The maximum absolute atomic E-state index is 12.1. The van der Waals surface area contributed by atoms with Gasteiger partial charge in [0.15, 0.2) is 5.96 Å². The fourth-order valence-corrected chi connectivity index (χ4v) is 2.85. The molecule has 3 rings (SSSR count). The van der Waals surface area contributed by atoms with Gasteiger partial charge in [0.1, 0.15) is 0 Å². The van der Waals surface area contributed by atoms with Gasteiger partial charge in [-0.05, 0) is 41.5 Å². The van der Waals surface area contributed by atoms with Crippen LogP contribution in [0.25, 0.3) is 22.0 Å². The van der Waals surface area contributed by atoms with Crippen molar-refractivity contribution in [3.8, 4) is 11.3 Å². The molecule has 1 aromatic heterocycles. The van der Waals surface area contributed by atoms with Crippen LogP contribution in [-0.2, 0) is 0 Å². The zero-order valence-electron chi connectivity index (χ0n) is 15.0. The number of hydrogen-bond acceptors (Lipinski definition) is 2. The minimum Gasteiger partial charge on any atom is -0.370 e.